The lowest BCUT2D eigenvalue weighted by molar-refractivity contribution is -0.147. The predicted molar refractivity (Wildman–Crippen MR) is 222 cm³/mol. The monoisotopic (exact) mass is 800 g/mol. The Labute approximate surface area is 333 Å². The fourth-order valence-corrected chi connectivity index (χ4v) is 6.52. The van der Waals surface area contributed by atoms with E-state index in [0.29, 0.717) is 12.8 Å². The summed E-state index contributed by atoms with van der Waals surface area (Å²) in [7, 11) is -4.76. The Morgan fingerprint density at radius 2 is 1.00 bits per heavy atom. The van der Waals surface area contributed by atoms with E-state index in [2.05, 4.69) is 55.6 Å². The molecule has 0 aliphatic carbocycles. The number of unbranched alkanes of at least 4 members (excludes halogenated alkanes) is 20. The van der Waals surface area contributed by atoms with Gasteiger partial charge in [0.25, 0.3) is 0 Å². The lowest BCUT2D eigenvalue weighted by Crippen LogP contribution is -2.43. The average Bonchev–Trinajstić information content (AvgIpc) is 3.16. The lowest BCUT2D eigenvalue weighted by Gasteiger charge is -2.18. The van der Waals surface area contributed by atoms with Gasteiger partial charge in [-0.2, -0.15) is 0 Å². The minimum Gasteiger partial charge on any atom is -0.480 e. The van der Waals surface area contributed by atoms with E-state index >= 15 is 0 Å². The highest BCUT2D eigenvalue weighted by Crippen LogP contribution is 2.43. The summed E-state index contributed by atoms with van der Waals surface area (Å²) in [5, 5.41) is 21.8. The largest absolute Gasteiger partial charge is 0.480 e. The van der Waals surface area contributed by atoms with Gasteiger partial charge in [0.2, 0.25) is 5.91 Å². The first kappa shape index (κ1) is 52.7. The van der Waals surface area contributed by atoms with Crippen molar-refractivity contribution >= 4 is 25.7 Å². The van der Waals surface area contributed by atoms with Crippen LogP contribution in [0.25, 0.3) is 0 Å². The summed E-state index contributed by atoms with van der Waals surface area (Å²) in [6.07, 6.45) is 40.2. The second-order valence-electron chi connectivity index (χ2n) is 14.5. The Kier molecular flexibility index (Phi) is 37.0. The minimum atomic E-state index is -4.76. The van der Waals surface area contributed by atoms with Crippen LogP contribution in [-0.4, -0.2) is 64.9 Å². The number of rotatable bonds is 40. The topological polar surface area (TPSA) is 169 Å². The molecule has 0 saturated carbocycles. The highest BCUT2D eigenvalue weighted by Gasteiger charge is 2.28. The SMILES string of the molecule is CCCCCC/C=C\C/C=C\CCCCCCCCCC(=O)NC(COP(=O)(O)OCC(O)COC(=O)CCCCCCC/C=C\CCCCCC)C(=O)O. The molecule has 0 rings (SSSR count). The van der Waals surface area contributed by atoms with E-state index in [9.17, 15) is 34.1 Å². The fraction of sp³-hybridized carbons (Fsp3) is 0.791. The summed E-state index contributed by atoms with van der Waals surface area (Å²) in [5.74, 6) is -2.39. The van der Waals surface area contributed by atoms with Crippen molar-refractivity contribution in [2.45, 2.75) is 199 Å². The molecule has 3 atom stereocenters. The number of ether oxygens (including phenoxy) is 1. The second-order valence-corrected chi connectivity index (χ2v) is 16.0. The van der Waals surface area contributed by atoms with Crippen molar-refractivity contribution in [3.8, 4) is 0 Å². The van der Waals surface area contributed by atoms with Crippen LogP contribution in [0.15, 0.2) is 36.5 Å². The first-order chi connectivity index (χ1) is 26.6. The molecule has 0 fully saturated rings. The van der Waals surface area contributed by atoms with Gasteiger partial charge in [0.05, 0.1) is 13.2 Å². The number of carboxylic acid groups (broad SMARTS) is 1. The van der Waals surface area contributed by atoms with Crippen molar-refractivity contribution in [3.63, 3.8) is 0 Å². The van der Waals surface area contributed by atoms with E-state index in [1.54, 1.807) is 0 Å². The molecule has 0 aromatic heterocycles. The van der Waals surface area contributed by atoms with Gasteiger partial charge in [-0.3, -0.25) is 18.6 Å². The zero-order valence-corrected chi connectivity index (χ0v) is 35.4. The predicted octanol–water partition coefficient (Wildman–Crippen LogP) is 10.8. The van der Waals surface area contributed by atoms with Gasteiger partial charge >= 0.3 is 19.8 Å². The second kappa shape index (κ2) is 38.6. The number of carboxylic acids is 1. The third-order valence-corrected chi connectivity index (χ3v) is 10.1. The van der Waals surface area contributed by atoms with Gasteiger partial charge in [-0.1, -0.05) is 140 Å². The van der Waals surface area contributed by atoms with E-state index in [0.717, 1.165) is 77.0 Å². The van der Waals surface area contributed by atoms with Crippen LogP contribution >= 0.6 is 7.82 Å². The van der Waals surface area contributed by atoms with Gasteiger partial charge in [-0.15, -0.1) is 0 Å². The fourth-order valence-electron chi connectivity index (χ4n) is 5.75. The van der Waals surface area contributed by atoms with Crippen LogP contribution in [-0.2, 0) is 32.7 Å². The zero-order chi connectivity index (χ0) is 40.7. The van der Waals surface area contributed by atoms with Crippen LogP contribution in [0.3, 0.4) is 0 Å². The summed E-state index contributed by atoms with van der Waals surface area (Å²) in [6.45, 7) is 2.54. The molecule has 55 heavy (non-hydrogen) atoms. The molecular weight excluding hydrogens is 721 g/mol. The molecule has 12 heteroatoms. The summed E-state index contributed by atoms with van der Waals surface area (Å²) in [5.41, 5.74) is 0. The number of nitrogens with one attached hydrogen (secondary N) is 1. The number of hydrogen-bond donors (Lipinski definition) is 4. The van der Waals surface area contributed by atoms with E-state index in [4.69, 9.17) is 13.8 Å². The number of aliphatic carboxylic acids is 1. The van der Waals surface area contributed by atoms with Crippen molar-refractivity contribution < 1.29 is 47.8 Å². The number of esters is 1. The van der Waals surface area contributed by atoms with Gasteiger partial charge in [0.1, 0.15) is 12.7 Å². The van der Waals surface area contributed by atoms with Crippen molar-refractivity contribution in [2.75, 3.05) is 19.8 Å². The van der Waals surface area contributed by atoms with Crippen LogP contribution in [0, 0.1) is 0 Å². The molecular formula is C43H78NO10P. The third kappa shape index (κ3) is 38.4. The Balaban J connectivity index is 3.94. The Hall–Kier alpha value is -2.30. The quantitative estimate of drug-likeness (QED) is 0.0202. The number of carbonyl (C=O) groups is 3. The van der Waals surface area contributed by atoms with Crippen molar-refractivity contribution in [2.24, 2.45) is 0 Å². The van der Waals surface area contributed by atoms with Gasteiger partial charge in [0, 0.05) is 12.8 Å². The van der Waals surface area contributed by atoms with Gasteiger partial charge in [-0.25, -0.2) is 9.36 Å². The van der Waals surface area contributed by atoms with Crippen LogP contribution in [0.2, 0.25) is 0 Å². The minimum absolute atomic E-state index is 0.136. The smallest absolute Gasteiger partial charge is 0.472 e. The number of allylic oxidation sites excluding steroid dienone is 6. The number of carbonyl (C=O) groups excluding carboxylic acids is 2. The molecule has 0 bridgehead atoms. The van der Waals surface area contributed by atoms with Crippen molar-refractivity contribution in [1.82, 2.24) is 5.32 Å². The highest BCUT2D eigenvalue weighted by molar-refractivity contribution is 7.47. The summed E-state index contributed by atoms with van der Waals surface area (Å²) < 4.78 is 26.8. The molecule has 4 N–H and O–H groups in total. The molecule has 0 aliphatic heterocycles. The molecule has 1 amide bonds. The maximum absolute atomic E-state index is 12.3. The highest BCUT2D eigenvalue weighted by atomic mass is 31.2. The lowest BCUT2D eigenvalue weighted by atomic mass is 10.1. The van der Waals surface area contributed by atoms with E-state index < -0.39 is 57.6 Å². The molecule has 0 radical (unpaired) electrons. The van der Waals surface area contributed by atoms with Crippen molar-refractivity contribution in [1.29, 1.82) is 0 Å². The molecule has 0 aliphatic rings. The molecule has 0 saturated heterocycles. The number of phosphoric ester groups is 1. The number of phosphoric acid groups is 1. The zero-order valence-electron chi connectivity index (χ0n) is 34.5. The van der Waals surface area contributed by atoms with Crippen LogP contribution in [0.4, 0.5) is 0 Å². The number of hydrogen-bond acceptors (Lipinski definition) is 8. The summed E-state index contributed by atoms with van der Waals surface area (Å²) in [6, 6.07) is -1.55. The normalized spacial score (nSPS) is 14.1. The Bertz CT molecular complexity index is 1080. The summed E-state index contributed by atoms with van der Waals surface area (Å²) in [4.78, 5) is 45.9. The van der Waals surface area contributed by atoms with Crippen LogP contribution < -0.4 is 5.32 Å². The van der Waals surface area contributed by atoms with E-state index in [1.165, 1.54) is 70.6 Å². The van der Waals surface area contributed by atoms with Gasteiger partial charge in [0.15, 0.2) is 6.04 Å². The molecule has 11 nitrogen and oxygen atoms in total. The molecule has 320 valence electrons. The number of aliphatic hydroxyl groups excluding tert-OH is 1. The van der Waals surface area contributed by atoms with Crippen LogP contribution in [0.5, 0.6) is 0 Å². The standard InChI is InChI=1S/C43H78NO10P/c1-3-5-7-9-11-13-15-17-18-19-20-21-23-24-26-28-30-32-34-41(46)44-40(43(48)49)38-54-55(50,51)53-37-39(45)36-52-42(47)35-33-31-29-27-25-22-16-14-12-10-8-6-4-2/h13-16,18-19,39-40,45H,3-12,17,20-38H2,1-2H3,(H,44,46)(H,48,49)(H,50,51)/b15-13-,16-14-,19-18-. The van der Waals surface area contributed by atoms with Crippen LogP contribution in [0.1, 0.15) is 187 Å². The molecule has 0 aromatic rings. The molecule has 0 spiro atoms. The molecule has 3 unspecified atom stereocenters. The van der Waals surface area contributed by atoms with Gasteiger partial charge < -0.3 is 25.2 Å². The van der Waals surface area contributed by atoms with Gasteiger partial charge in [-0.05, 0) is 70.6 Å². The average molecular weight is 800 g/mol. The van der Waals surface area contributed by atoms with E-state index in [1.807, 2.05) is 0 Å². The molecule has 0 heterocycles. The third-order valence-electron chi connectivity index (χ3n) is 9.15. The first-order valence-corrected chi connectivity index (χ1v) is 23.0. The Morgan fingerprint density at radius 1 is 0.582 bits per heavy atom. The molecule has 0 aromatic carbocycles. The maximum Gasteiger partial charge on any atom is 0.472 e. The number of aliphatic hydroxyl groups is 1. The summed E-state index contributed by atoms with van der Waals surface area (Å²) >= 11 is 0. The van der Waals surface area contributed by atoms with Crippen molar-refractivity contribution in [3.05, 3.63) is 36.5 Å². The first-order valence-electron chi connectivity index (χ1n) is 21.5. The van der Waals surface area contributed by atoms with E-state index in [-0.39, 0.29) is 12.8 Å². The Morgan fingerprint density at radius 3 is 1.49 bits per heavy atom. The maximum atomic E-state index is 12.3. The number of amides is 1.